The number of alkyl halides is 1. The van der Waals surface area contributed by atoms with E-state index in [1.807, 2.05) is 25.1 Å². The lowest BCUT2D eigenvalue weighted by atomic mass is 10.1. The minimum absolute atomic E-state index is 0.135. The maximum Gasteiger partial charge on any atom is 0.124 e. The molecule has 4 heteroatoms. The highest BCUT2D eigenvalue weighted by atomic mass is 35.5. The summed E-state index contributed by atoms with van der Waals surface area (Å²) >= 11 is 8.05. The van der Waals surface area contributed by atoms with Crippen molar-refractivity contribution in [3.05, 3.63) is 64.5 Å². The standard InChI is InChI=1S/C16H13ClFNS/c1-10-3-2-6-19-14(10)9-13(17)16-7-11-4-5-12(18)8-15(11)20-16/h2-8,13H,9H2,1H3. The summed E-state index contributed by atoms with van der Waals surface area (Å²) in [4.78, 5) is 5.43. The SMILES string of the molecule is Cc1cccnc1CC(Cl)c1cc2ccc(F)cc2s1. The second kappa shape index (κ2) is 5.51. The van der Waals surface area contributed by atoms with E-state index in [0.717, 1.165) is 26.2 Å². The molecule has 0 N–H and O–H groups in total. The molecule has 2 aromatic heterocycles. The molecule has 3 aromatic rings. The van der Waals surface area contributed by atoms with Gasteiger partial charge in [0.15, 0.2) is 0 Å². The molecule has 1 nitrogen and oxygen atoms in total. The lowest BCUT2D eigenvalue weighted by Gasteiger charge is -2.08. The lowest BCUT2D eigenvalue weighted by molar-refractivity contribution is 0.630. The molecule has 3 rings (SSSR count). The Labute approximate surface area is 126 Å². The van der Waals surface area contributed by atoms with Crippen LogP contribution in [0.2, 0.25) is 0 Å². The minimum atomic E-state index is -0.211. The monoisotopic (exact) mass is 305 g/mol. The van der Waals surface area contributed by atoms with Crippen molar-refractivity contribution in [3.8, 4) is 0 Å². The molecule has 102 valence electrons. The molecule has 2 heterocycles. The largest absolute Gasteiger partial charge is 0.261 e. The van der Waals surface area contributed by atoms with Crippen molar-refractivity contribution in [1.29, 1.82) is 0 Å². The smallest absolute Gasteiger partial charge is 0.124 e. The van der Waals surface area contributed by atoms with Gasteiger partial charge < -0.3 is 0 Å². The maximum absolute atomic E-state index is 13.2. The molecule has 0 saturated heterocycles. The highest BCUT2D eigenvalue weighted by Crippen LogP contribution is 2.35. The summed E-state index contributed by atoms with van der Waals surface area (Å²) < 4.78 is 14.1. The number of hydrogen-bond acceptors (Lipinski definition) is 2. The molecule has 0 aliphatic carbocycles. The number of halogens is 2. The van der Waals surface area contributed by atoms with Crippen LogP contribution in [0.15, 0.2) is 42.6 Å². The first-order chi connectivity index (χ1) is 9.63. The topological polar surface area (TPSA) is 12.9 Å². The van der Waals surface area contributed by atoms with Crippen molar-refractivity contribution in [2.45, 2.75) is 18.7 Å². The molecule has 0 bridgehead atoms. The molecule has 0 radical (unpaired) electrons. The van der Waals surface area contributed by atoms with Crippen LogP contribution in [0.5, 0.6) is 0 Å². The Hall–Kier alpha value is -1.45. The lowest BCUT2D eigenvalue weighted by Crippen LogP contribution is -1.98. The summed E-state index contributed by atoms with van der Waals surface area (Å²) in [5, 5.41) is 0.902. The summed E-state index contributed by atoms with van der Waals surface area (Å²) in [5.74, 6) is -0.211. The zero-order chi connectivity index (χ0) is 14.1. The number of aryl methyl sites for hydroxylation is 1. The molecule has 1 aromatic carbocycles. The van der Waals surface area contributed by atoms with E-state index >= 15 is 0 Å². The first kappa shape index (κ1) is 13.5. The number of hydrogen-bond donors (Lipinski definition) is 0. The third-order valence-electron chi connectivity index (χ3n) is 3.30. The number of pyridine rings is 1. The second-order valence-corrected chi connectivity index (χ2v) is 6.41. The van der Waals surface area contributed by atoms with Gasteiger partial charge >= 0.3 is 0 Å². The molecule has 0 fully saturated rings. The maximum atomic E-state index is 13.2. The van der Waals surface area contributed by atoms with Crippen LogP contribution < -0.4 is 0 Å². The summed E-state index contributed by atoms with van der Waals surface area (Å²) in [6.07, 6.45) is 2.47. The molecule has 0 saturated carbocycles. The second-order valence-electron chi connectivity index (χ2n) is 4.77. The van der Waals surface area contributed by atoms with Crippen LogP contribution in [-0.2, 0) is 6.42 Å². The van der Waals surface area contributed by atoms with Gasteiger partial charge in [0, 0.05) is 27.9 Å². The van der Waals surface area contributed by atoms with Crippen LogP contribution >= 0.6 is 22.9 Å². The Morgan fingerprint density at radius 1 is 1.30 bits per heavy atom. The summed E-state index contributed by atoms with van der Waals surface area (Å²) in [6.45, 7) is 2.03. The van der Waals surface area contributed by atoms with E-state index in [-0.39, 0.29) is 11.2 Å². The Morgan fingerprint density at radius 3 is 2.95 bits per heavy atom. The Morgan fingerprint density at radius 2 is 2.15 bits per heavy atom. The highest BCUT2D eigenvalue weighted by Gasteiger charge is 2.14. The van der Waals surface area contributed by atoms with Crippen LogP contribution in [-0.4, -0.2) is 4.98 Å². The molecule has 1 unspecified atom stereocenters. The summed E-state index contributed by atoms with van der Waals surface area (Å²) in [6, 6.07) is 10.8. The third kappa shape index (κ3) is 2.69. The van der Waals surface area contributed by atoms with Crippen LogP contribution in [0.25, 0.3) is 10.1 Å². The van der Waals surface area contributed by atoms with Gasteiger partial charge in [0.25, 0.3) is 0 Å². The molecular weight excluding hydrogens is 293 g/mol. The van der Waals surface area contributed by atoms with Gasteiger partial charge in [0.2, 0.25) is 0 Å². The molecular formula is C16H13ClFNS. The van der Waals surface area contributed by atoms with Gasteiger partial charge in [0.1, 0.15) is 5.82 Å². The quantitative estimate of drug-likeness (QED) is 0.601. The normalized spacial score (nSPS) is 12.8. The fourth-order valence-corrected chi connectivity index (χ4v) is 3.59. The third-order valence-corrected chi connectivity index (χ3v) is 5.03. The van der Waals surface area contributed by atoms with Crippen molar-refractivity contribution < 1.29 is 4.39 Å². The molecule has 20 heavy (non-hydrogen) atoms. The van der Waals surface area contributed by atoms with Crippen LogP contribution in [0, 0.1) is 12.7 Å². The van der Waals surface area contributed by atoms with E-state index in [1.54, 1.807) is 29.7 Å². The predicted octanol–water partition coefficient (Wildman–Crippen LogP) is 5.27. The van der Waals surface area contributed by atoms with Gasteiger partial charge in [-0.05, 0) is 42.1 Å². The fourth-order valence-electron chi connectivity index (χ4n) is 2.18. The zero-order valence-electron chi connectivity index (χ0n) is 10.9. The van der Waals surface area contributed by atoms with Gasteiger partial charge in [-0.25, -0.2) is 4.39 Å². The molecule has 0 spiro atoms. The molecule has 0 aliphatic rings. The van der Waals surface area contributed by atoms with E-state index in [2.05, 4.69) is 4.98 Å². The molecule has 0 aliphatic heterocycles. The van der Waals surface area contributed by atoms with Crippen molar-refractivity contribution >= 4 is 33.0 Å². The Bertz CT molecular complexity index is 753. The van der Waals surface area contributed by atoms with Crippen LogP contribution in [0.1, 0.15) is 21.5 Å². The van der Waals surface area contributed by atoms with Crippen molar-refractivity contribution in [1.82, 2.24) is 4.98 Å². The average molecular weight is 306 g/mol. The van der Waals surface area contributed by atoms with Crippen molar-refractivity contribution in [2.75, 3.05) is 0 Å². The number of nitrogens with zero attached hydrogens (tertiary/aromatic N) is 1. The van der Waals surface area contributed by atoms with Gasteiger partial charge in [-0.1, -0.05) is 12.1 Å². The summed E-state index contributed by atoms with van der Waals surface area (Å²) in [7, 11) is 0. The molecule has 1 atom stereocenters. The number of aromatic nitrogens is 1. The van der Waals surface area contributed by atoms with Gasteiger partial charge in [-0.2, -0.15) is 0 Å². The number of thiophene rings is 1. The number of fused-ring (bicyclic) bond motifs is 1. The first-order valence-corrected chi connectivity index (χ1v) is 7.62. The van der Waals surface area contributed by atoms with Crippen LogP contribution in [0.3, 0.4) is 0 Å². The van der Waals surface area contributed by atoms with E-state index in [1.165, 1.54) is 6.07 Å². The van der Waals surface area contributed by atoms with E-state index in [9.17, 15) is 4.39 Å². The zero-order valence-corrected chi connectivity index (χ0v) is 12.5. The Kier molecular flexibility index (Phi) is 3.72. The predicted molar refractivity (Wildman–Crippen MR) is 83.1 cm³/mol. The summed E-state index contributed by atoms with van der Waals surface area (Å²) in [5.41, 5.74) is 2.15. The fraction of sp³-hybridized carbons (Fsp3) is 0.188. The average Bonchev–Trinajstić information content (AvgIpc) is 2.84. The van der Waals surface area contributed by atoms with E-state index < -0.39 is 0 Å². The van der Waals surface area contributed by atoms with Crippen molar-refractivity contribution in [3.63, 3.8) is 0 Å². The van der Waals surface area contributed by atoms with Gasteiger partial charge in [-0.3, -0.25) is 4.98 Å². The molecule has 0 amide bonds. The highest BCUT2D eigenvalue weighted by molar-refractivity contribution is 7.19. The van der Waals surface area contributed by atoms with Crippen LogP contribution in [0.4, 0.5) is 4.39 Å². The Balaban J connectivity index is 1.89. The van der Waals surface area contributed by atoms with Gasteiger partial charge in [-0.15, -0.1) is 22.9 Å². The number of rotatable bonds is 3. The first-order valence-electron chi connectivity index (χ1n) is 6.37. The minimum Gasteiger partial charge on any atom is -0.261 e. The van der Waals surface area contributed by atoms with E-state index in [0.29, 0.717) is 6.42 Å². The van der Waals surface area contributed by atoms with Crippen molar-refractivity contribution in [2.24, 2.45) is 0 Å². The number of benzene rings is 1. The van der Waals surface area contributed by atoms with E-state index in [4.69, 9.17) is 11.6 Å². The van der Waals surface area contributed by atoms with Gasteiger partial charge in [0.05, 0.1) is 5.38 Å².